The van der Waals surface area contributed by atoms with Crippen molar-refractivity contribution in [3.8, 4) is 11.8 Å². The third-order valence-electron chi connectivity index (χ3n) is 5.99. The number of nitriles is 1. The summed E-state index contributed by atoms with van der Waals surface area (Å²) in [5, 5.41) is 11.8. The Balaban J connectivity index is 1.21. The van der Waals surface area contributed by atoms with Gasteiger partial charge in [-0.1, -0.05) is 0 Å². The molecule has 4 rings (SSSR count). The summed E-state index contributed by atoms with van der Waals surface area (Å²) in [7, 11) is 0. The molecule has 7 nitrogen and oxygen atoms in total. The number of rotatable bonds is 6. The number of hydrogen-bond acceptors (Lipinski definition) is 5. The first-order chi connectivity index (χ1) is 15.6. The summed E-state index contributed by atoms with van der Waals surface area (Å²) in [5.74, 6) is 1.00. The molecule has 0 saturated carbocycles. The van der Waals surface area contributed by atoms with Crippen LogP contribution in [0.2, 0.25) is 0 Å². The number of fused-ring (bicyclic) bond motifs is 1. The second-order valence-corrected chi connectivity index (χ2v) is 8.20. The summed E-state index contributed by atoms with van der Waals surface area (Å²) in [6.45, 7) is 3.65. The first-order valence-corrected chi connectivity index (χ1v) is 11.2. The number of hydrogen-bond donors (Lipinski definition) is 1. The van der Waals surface area contributed by atoms with Crippen molar-refractivity contribution in [2.45, 2.75) is 32.1 Å². The Bertz CT molecular complexity index is 1010. The number of aryl methyl sites for hydroxylation is 1. The van der Waals surface area contributed by atoms with Crippen LogP contribution in [0.3, 0.4) is 0 Å². The number of benzene rings is 2. The van der Waals surface area contributed by atoms with Gasteiger partial charge in [0.2, 0.25) is 11.8 Å². The smallest absolute Gasteiger partial charge is 0.224 e. The summed E-state index contributed by atoms with van der Waals surface area (Å²) >= 11 is 0. The summed E-state index contributed by atoms with van der Waals surface area (Å²) in [5.41, 5.74) is 3.70. The van der Waals surface area contributed by atoms with Crippen molar-refractivity contribution in [2.24, 2.45) is 0 Å². The maximum atomic E-state index is 12.7. The molecule has 1 fully saturated rings. The zero-order valence-electron chi connectivity index (χ0n) is 18.2. The van der Waals surface area contributed by atoms with Gasteiger partial charge in [0.1, 0.15) is 5.75 Å². The minimum absolute atomic E-state index is 0.0539. The summed E-state index contributed by atoms with van der Waals surface area (Å²) < 4.78 is 5.84. The fourth-order valence-corrected chi connectivity index (χ4v) is 4.19. The van der Waals surface area contributed by atoms with E-state index in [2.05, 4.69) is 16.3 Å². The Morgan fingerprint density at radius 1 is 1.06 bits per heavy atom. The third kappa shape index (κ3) is 5.38. The molecule has 2 amide bonds. The zero-order chi connectivity index (χ0) is 22.3. The van der Waals surface area contributed by atoms with Crippen molar-refractivity contribution in [1.29, 1.82) is 5.26 Å². The van der Waals surface area contributed by atoms with Gasteiger partial charge in [0.25, 0.3) is 0 Å². The lowest BCUT2D eigenvalue weighted by molar-refractivity contribution is -0.131. The van der Waals surface area contributed by atoms with Crippen LogP contribution in [-0.2, 0) is 16.0 Å². The molecule has 0 spiro atoms. The topological polar surface area (TPSA) is 85.7 Å². The lowest BCUT2D eigenvalue weighted by Gasteiger charge is -2.24. The summed E-state index contributed by atoms with van der Waals surface area (Å²) in [6.07, 6.45) is 3.29. The lowest BCUT2D eigenvalue weighted by Crippen LogP contribution is -2.35. The highest BCUT2D eigenvalue weighted by Gasteiger charge is 2.19. The van der Waals surface area contributed by atoms with Gasteiger partial charge in [-0.2, -0.15) is 5.26 Å². The minimum atomic E-state index is 0.0539. The van der Waals surface area contributed by atoms with Gasteiger partial charge in [0, 0.05) is 50.4 Å². The van der Waals surface area contributed by atoms with Gasteiger partial charge in [-0.15, -0.1) is 0 Å². The molecule has 166 valence electrons. The molecule has 2 aliphatic heterocycles. The molecule has 0 atom stereocenters. The number of amides is 2. The fraction of sp³-hybridized carbons (Fsp3) is 0.400. The number of nitrogens with zero attached hydrogens (tertiary/aromatic N) is 3. The predicted octanol–water partition coefficient (Wildman–Crippen LogP) is 3.34. The largest absolute Gasteiger partial charge is 0.494 e. The van der Waals surface area contributed by atoms with Gasteiger partial charge in [0.15, 0.2) is 0 Å². The van der Waals surface area contributed by atoms with Crippen LogP contribution < -0.4 is 15.0 Å². The van der Waals surface area contributed by atoms with Gasteiger partial charge >= 0.3 is 0 Å². The van der Waals surface area contributed by atoms with Gasteiger partial charge < -0.3 is 19.9 Å². The van der Waals surface area contributed by atoms with E-state index >= 15 is 0 Å². The Kier molecular flexibility index (Phi) is 6.90. The summed E-state index contributed by atoms with van der Waals surface area (Å²) in [6, 6.07) is 15.5. The molecule has 32 heavy (non-hydrogen) atoms. The van der Waals surface area contributed by atoms with E-state index in [0.717, 1.165) is 55.2 Å². The van der Waals surface area contributed by atoms with E-state index in [1.165, 1.54) is 0 Å². The van der Waals surface area contributed by atoms with Crippen LogP contribution in [0.1, 0.15) is 36.8 Å². The van der Waals surface area contributed by atoms with Crippen molar-refractivity contribution in [3.05, 3.63) is 53.6 Å². The lowest BCUT2D eigenvalue weighted by atomic mass is 10.0. The number of ether oxygens (including phenoxy) is 1. The SMILES string of the molecule is N#Cc1ccc(N2CCCN(C(=O)CCCOc3ccc4c(c3)CCC(=O)N4)CC2)cc1. The second-order valence-electron chi connectivity index (χ2n) is 8.20. The first kappa shape index (κ1) is 21.7. The Morgan fingerprint density at radius 3 is 2.72 bits per heavy atom. The van der Waals surface area contributed by atoms with Crippen LogP contribution in [0.4, 0.5) is 11.4 Å². The van der Waals surface area contributed by atoms with Gasteiger partial charge in [-0.25, -0.2) is 0 Å². The molecule has 0 radical (unpaired) electrons. The van der Waals surface area contributed by atoms with E-state index in [9.17, 15) is 9.59 Å². The molecule has 0 bridgehead atoms. The normalized spacial score (nSPS) is 15.9. The Morgan fingerprint density at radius 2 is 1.91 bits per heavy atom. The predicted molar refractivity (Wildman–Crippen MR) is 123 cm³/mol. The molecule has 2 aliphatic rings. The maximum Gasteiger partial charge on any atom is 0.224 e. The Hall–Kier alpha value is -3.53. The maximum absolute atomic E-state index is 12.7. The highest BCUT2D eigenvalue weighted by atomic mass is 16.5. The van der Waals surface area contributed by atoms with Crippen molar-refractivity contribution in [2.75, 3.05) is 43.0 Å². The zero-order valence-corrected chi connectivity index (χ0v) is 18.2. The quantitative estimate of drug-likeness (QED) is 0.708. The number of nitrogens with one attached hydrogen (secondary N) is 1. The molecule has 7 heteroatoms. The molecular weight excluding hydrogens is 404 g/mol. The van der Waals surface area contributed by atoms with E-state index in [0.29, 0.717) is 38.0 Å². The third-order valence-corrected chi connectivity index (χ3v) is 5.99. The van der Waals surface area contributed by atoms with Gasteiger partial charge in [-0.3, -0.25) is 9.59 Å². The molecule has 1 saturated heterocycles. The number of carbonyl (C=O) groups excluding carboxylic acids is 2. The standard InChI is InChI=1S/C25H28N4O3/c26-18-19-4-7-21(8-5-19)28-12-2-13-29(15-14-28)25(31)3-1-16-32-22-9-10-23-20(17-22)6-11-24(30)27-23/h4-5,7-10,17H,1-3,6,11-16H2,(H,27,30). The molecule has 1 N–H and O–H groups in total. The van der Waals surface area contributed by atoms with E-state index in [4.69, 9.17) is 10.00 Å². The van der Waals surface area contributed by atoms with Crippen molar-refractivity contribution in [3.63, 3.8) is 0 Å². The fourth-order valence-electron chi connectivity index (χ4n) is 4.19. The Labute approximate surface area is 188 Å². The monoisotopic (exact) mass is 432 g/mol. The summed E-state index contributed by atoms with van der Waals surface area (Å²) in [4.78, 5) is 28.4. The molecule has 0 aliphatic carbocycles. The van der Waals surface area contributed by atoms with Crippen LogP contribution in [0.15, 0.2) is 42.5 Å². The van der Waals surface area contributed by atoms with Crippen LogP contribution in [0, 0.1) is 11.3 Å². The molecule has 2 heterocycles. The van der Waals surface area contributed by atoms with Gasteiger partial charge in [-0.05, 0) is 67.3 Å². The molecule has 0 unspecified atom stereocenters. The minimum Gasteiger partial charge on any atom is -0.494 e. The molecule has 2 aromatic rings. The van der Waals surface area contributed by atoms with E-state index in [1.54, 1.807) is 0 Å². The van der Waals surface area contributed by atoms with Crippen LogP contribution in [-0.4, -0.2) is 49.5 Å². The van der Waals surface area contributed by atoms with E-state index < -0.39 is 0 Å². The average Bonchev–Trinajstić information content (AvgIpc) is 3.08. The first-order valence-electron chi connectivity index (χ1n) is 11.2. The average molecular weight is 433 g/mol. The van der Waals surface area contributed by atoms with Crippen molar-refractivity contribution >= 4 is 23.2 Å². The highest BCUT2D eigenvalue weighted by molar-refractivity contribution is 5.94. The van der Waals surface area contributed by atoms with Crippen LogP contribution in [0.5, 0.6) is 5.75 Å². The van der Waals surface area contributed by atoms with Gasteiger partial charge in [0.05, 0.1) is 18.2 Å². The van der Waals surface area contributed by atoms with Crippen molar-refractivity contribution < 1.29 is 14.3 Å². The highest BCUT2D eigenvalue weighted by Crippen LogP contribution is 2.27. The van der Waals surface area contributed by atoms with Crippen LogP contribution >= 0.6 is 0 Å². The van der Waals surface area contributed by atoms with E-state index in [1.807, 2.05) is 47.4 Å². The number of anilines is 2. The van der Waals surface area contributed by atoms with Crippen molar-refractivity contribution in [1.82, 2.24) is 4.90 Å². The second kappa shape index (κ2) is 10.2. The van der Waals surface area contributed by atoms with E-state index in [-0.39, 0.29) is 11.8 Å². The van der Waals surface area contributed by atoms with Crippen LogP contribution in [0.25, 0.3) is 0 Å². The molecular formula is C25H28N4O3. The number of carbonyl (C=O) groups is 2. The molecule has 2 aromatic carbocycles. The molecule has 0 aromatic heterocycles.